The maximum atomic E-state index is 6.11. The zero-order valence-corrected chi connectivity index (χ0v) is 14.0. The smallest absolute Gasteiger partial charge is 0.119 e. The van der Waals surface area contributed by atoms with Gasteiger partial charge in [-0.2, -0.15) is 0 Å². The minimum atomic E-state index is 0.768. The predicted octanol–water partition coefficient (Wildman–Crippen LogP) is 3.83. The van der Waals surface area contributed by atoms with E-state index in [1.165, 1.54) is 12.0 Å². The summed E-state index contributed by atoms with van der Waals surface area (Å²) in [5.41, 5.74) is 2.53. The Morgan fingerprint density at radius 2 is 1.86 bits per heavy atom. The highest BCUT2D eigenvalue weighted by atomic mass is 35.5. The quantitative estimate of drug-likeness (QED) is 0.699. The summed E-state index contributed by atoms with van der Waals surface area (Å²) in [6, 6.07) is 16.5. The van der Waals surface area contributed by atoms with Gasteiger partial charge in [0.1, 0.15) is 12.3 Å². The van der Waals surface area contributed by atoms with Crippen molar-refractivity contribution in [3.05, 3.63) is 64.7 Å². The van der Waals surface area contributed by atoms with Crippen molar-refractivity contribution in [3.8, 4) is 5.75 Å². The molecule has 0 spiro atoms. The van der Waals surface area contributed by atoms with E-state index in [2.05, 4.69) is 42.6 Å². The number of quaternary nitrogens is 1. The van der Waals surface area contributed by atoms with Crippen molar-refractivity contribution in [1.29, 1.82) is 0 Å². The molecule has 0 aliphatic rings. The fraction of sp³-hybridized carbons (Fsp3) is 0.368. The fourth-order valence-corrected chi connectivity index (χ4v) is 2.63. The maximum absolute atomic E-state index is 6.11. The van der Waals surface area contributed by atoms with Crippen LogP contribution in [0.5, 0.6) is 5.75 Å². The van der Waals surface area contributed by atoms with Gasteiger partial charge in [-0.3, -0.25) is 0 Å². The summed E-state index contributed by atoms with van der Waals surface area (Å²) < 4.78 is 5.80. The predicted molar refractivity (Wildman–Crippen MR) is 92.5 cm³/mol. The van der Waals surface area contributed by atoms with Crippen LogP contribution in [0.25, 0.3) is 0 Å². The minimum Gasteiger partial charge on any atom is -0.494 e. The van der Waals surface area contributed by atoms with Gasteiger partial charge in [-0.15, -0.1) is 0 Å². The van der Waals surface area contributed by atoms with Crippen molar-refractivity contribution in [2.24, 2.45) is 0 Å². The molecule has 2 rings (SSSR count). The number of ether oxygens (including phenoxy) is 1. The number of halogens is 1. The van der Waals surface area contributed by atoms with E-state index < -0.39 is 0 Å². The second kappa shape index (κ2) is 9.50. The van der Waals surface area contributed by atoms with Gasteiger partial charge in [-0.1, -0.05) is 48.9 Å². The number of benzene rings is 2. The third-order valence-corrected chi connectivity index (χ3v) is 4.06. The Morgan fingerprint density at radius 3 is 2.64 bits per heavy atom. The number of hydrogen-bond donors (Lipinski definition) is 1. The van der Waals surface area contributed by atoms with Crippen molar-refractivity contribution in [3.63, 3.8) is 0 Å². The van der Waals surface area contributed by atoms with Crippen LogP contribution in [0.15, 0.2) is 48.5 Å². The van der Waals surface area contributed by atoms with Gasteiger partial charge < -0.3 is 10.1 Å². The number of rotatable bonds is 9. The molecule has 0 unspecified atom stereocenters. The Morgan fingerprint density at radius 1 is 1.05 bits per heavy atom. The zero-order chi connectivity index (χ0) is 15.6. The second-order valence-electron chi connectivity index (χ2n) is 5.43. The lowest BCUT2D eigenvalue weighted by Crippen LogP contribution is -2.82. The molecule has 0 saturated carbocycles. The van der Waals surface area contributed by atoms with Crippen molar-refractivity contribution in [2.75, 3.05) is 13.2 Å². The van der Waals surface area contributed by atoms with Crippen LogP contribution in [-0.4, -0.2) is 13.2 Å². The third-order valence-electron chi connectivity index (χ3n) is 3.69. The summed E-state index contributed by atoms with van der Waals surface area (Å²) >= 11 is 6.11. The number of nitrogens with two attached hydrogens (primary N) is 1. The monoisotopic (exact) mass is 318 g/mol. The van der Waals surface area contributed by atoms with Gasteiger partial charge in [0.15, 0.2) is 0 Å². The normalized spacial score (nSPS) is 10.6. The fourth-order valence-electron chi connectivity index (χ4n) is 2.38. The molecule has 2 N–H and O–H groups in total. The first-order valence-corrected chi connectivity index (χ1v) is 8.44. The molecule has 0 aromatic heterocycles. The summed E-state index contributed by atoms with van der Waals surface area (Å²) in [7, 11) is 0. The molecule has 0 radical (unpaired) electrons. The maximum Gasteiger partial charge on any atom is 0.119 e. The highest BCUT2D eigenvalue weighted by Crippen LogP contribution is 2.22. The molecule has 2 aromatic carbocycles. The molecule has 0 fully saturated rings. The standard InChI is InChI=1S/C19H24ClNO/c1-2-17-14-18(10-11-19(17)20)22-13-7-6-12-21-15-16-8-4-3-5-9-16/h3-5,8-11,14,21H,2,6-7,12-13,15H2,1H3/p+1. The van der Waals surface area contributed by atoms with Crippen LogP contribution in [0.1, 0.15) is 30.9 Å². The molecule has 3 heteroatoms. The Balaban J connectivity index is 1.57. The lowest BCUT2D eigenvalue weighted by Gasteiger charge is -2.08. The molecule has 118 valence electrons. The van der Waals surface area contributed by atoms with Gasteiger partial charge in [0, 0.05) is 10.6 Å². The van der Waals surface area contributed by atoms with Crippen LogP contribution in [-0.2, 0) is 13.0 Å². The third kappa shape index (κ3) is 5.70. The molecule has 0 saturated heterocycles. The van der Waals surface area contributed by atoms with Gasteiger partial charge in [-0.05, 0) is 43.0 Å². The van der Waals surface area contributed by atoms with E-state index in [4.69, 9.17) is 16.3 Å². The van der Waals surface area contributed by atoms with E-state index in [-0.39, 0.29) is 0 Å². The lowest BCUT2D eigenvalue weighted by atomic mass is 10.1. The van der Waals surface area contributed by atoms with Gasteiger partial charge in [-0.25, -0.2) is 0 Å². The zero-order valence-electron chi connectivity index (χ0n) is 13.2. The Hall–Kier alpha value is -1.51. The molecule has 2 aromatic rings. The van der Waals surface area contributed by atoms with Crippen LogP contribution in [0.4, 0.5) is 0 Å². The highest BCUT2D eigenvalue weighted by molar-refractivity contribution is 6.31. The van der Waals surface area contributed by atoms with Crippen LogP contribution >= 0.6 is 11.6 Å². The molecule has 0 heterocycles. The molecular weight excluding hydrogens is 294 g/mol. The van der Waals surface area contributed by atoms with Crippen LogP contribution in [0, 0.1) is 0 Å². The molecule has 0 atom stereocenters. The first-order valence-electron chi connectivity index (χ1n) is 8.06. The van der Waals surface area contributed by atoms with Crippen LogP contribution in [0.3, 0.4) is 0 Å². The molecule has 2 nitrogen and oxygen atoms in total. The van der Waals surface area contributed by atoms with E-state index in [1.807, 2.05) is 18.2 Å². The summed E-state index contributed by atoms with van der Waals surface area (Å²) in [4.78, 5) is 0. The summed E-state index contributed by atoms with van der Waals surface area (Å²) in [5.74, 6) is 0.925. The van der Waals surface area contributed by atoms with E-state index in [0.717, 1.165) is 48.9 Å². The van der Waals surface area contributed by atoms with Gasteiger partial charge in [0.2, 0.25) is 0 Å². The first kappa shape index (κ1) is 16.9. The highest BCUT2D eigenvalue weighted by Gasteiger charge is 2.01. The Kier molecular flexibility index (Phi) is 7.27. The SMILES string of the molecule is CCc1cc(OCCCC[NH2+]Cc2ccccc2)ccc1Cl. The molecule has 0 amide bonds. The van der Waals surface area contributed by atoms with Gasteiger partial charge in [0.25, 0.3) is 0 Å². The summed E-state index contributed by atoms with van der Waals surface area (Å²) in [5, 5.41) is 3.18. The van der Waals surface area contributed by atoms with Crippen molar-refractivity contribution < 1.29 is 10.1 Å². The molecular formula is C19H25ClNO+. The van der Waals surface area contributed by atoms with Crippen LogP contribution < -0.4 is 10.1 Å². The topological polar surface area (TPSA) is 25.8 Å². The number of unbranched alkanes of at least 4 members (excludes halogenated alkanes) is 1. The Bertz CT molecular complexity index is 557. The van der Waals surface area contributed by atoms with E-state index in [0.29, 0.717) is 0 Å². The summed E-state index contributed by atoms with van der Waals surface area (Å²) in [6.07, 6.45) is 3.18. The molecule has 0 bridgehead atoms. The number of aryl methyl sites for hydroxylation is 1. The van der Waals surface area contributed by atoms with Gasteiger partial charge in [0.05, 0.1) is 13.2 Å². The first-order chi connectivity index (χ1) is 10.8. The largest absolute Gasteiger partial charge is 0.494 e. The average molecular weight is 319 g/mol. The van der Waals surface area contributed by atoms with Crippen molar-refractivity contribution >= 4 is 11.6 Å². The molecule has 0 aliphatic carbocycles. The van der Waals surface area contributed by atoms with Crippen LogP contribution in [0.2, 0.25) is 5.02 Å². The number of hydrogen-bond acceptors (Lipinski definition) is 1. The minimum absolute atomic E-state index is 0.768. The molecule has 22 heavy (non-hydrogen) atoms. The van der Waals surface area contributed by atoms with E-state index >= 15 is 0 Å². The second-order valence-corrected chi connectivity index (χ2v) is 5.84. The van der Waals surface area contributed by atoms with Gasteiger partial charge >= 0.3 is 0 Å². The average Bonchev–Trinajstić information content (AvgIpc) is 2.56. The van der Waals surface area contributed by atoms with Crippen molar-refractivity contribution in [2.45, 2.75) is 32.7 Å². The van der Waals surface area contributed by atoms with E-state index in [9.17, 15) is 0 Å². The van der Waals surface area contributed by atoms with Crippen molar-refractivity contribution in [1.82, 2.24) is 0 Å². The lowest BCUT2D eigenvalue weighted by molar-refractivity contribution is -0.671. The Labute approximate surface area is 138 Å². The molecule has 0 aliphatic heterocycles. The summed E-state index contributed by atoms with van der Waals surface area (Å²) in [6.45, 7) is 5.06. The van der Waals surface area contributed by atoms with E-state index in [1.54, 1.807) is 0 Å².